The summed E-state index contributed by atoms with van der Waals surface area (Å²) in [7, 11) is 0. The average Bonchev–Trinajstić information content (AvgIpc) is 4.04. The van der Waals surface area contributed by atoms with Gasteiger partial charge in [0.15, 0.2) is 35.1 Å². The minimum Gasteiger partial charge on any atom is -0.444 e. The first kappa shape index (κ1) is 53.0. The van der Waals surface area contributed by atoms with Gasteiger partial charge in [-0.15, -0.1) is 11.3 Å². The maximum Gasteiger partial charge on any atom is 0.410 e. The number of carbonyl (C=O) groups excluding carboxylic acids is 5. The number of aromatic nitrogens is 4. The number of fused-ring (bicyclic) bond motifs is 2. The Morgan fingerprint density at radius 3 is 1.78 bits per heavy atom. The van der Waals surface area contributed by atoms with E-state index in [1.807, 2.05) is 17.5 Å². The van der Waals surface area contributed by atoms with Crippen LogP contribution >= 0.6 is 11.3 Å². The van der Waals surface area contributed by atoms with Gasteiger partial charge in [0.2, 0.25) is 5.91 Å². The molecule has 3 aromatic heterocycles. The van der Waals surface area contributed by atoms with Crippen LogP contribution in [0.5, 0.6) is 0 Å². The van der Waals surface area contributed by atoms with Crippen molar-refractivity contribution in [1.29, 1.82) is 0 Å². The number of nitrogens with zero attached hydrogens (tertiary/aromatic N) is 8. The maximum absolute atomic E-state index is 13.9. The van der Waals surface area contributed by atoms with Crippen molar-refractivity contribution in [2.24, 2.45) is 0 Å². The van der Waals surface area contributed by atoms with Crippen LogP contribution in [0, 0.1) is 0 Å². The van der Waals surface area contributed by atoms with E-state index in [0.717, 1.165) is 4.88 Å². The SMILES string of the molecule is CC(C)(C)OC(=O)N1CCN(C(=O)CCCCCNC(=O)C2OC(n3cnc4c(NCc5cccs5)ncnc43)C3OC(C)(C)OC23)CCN(C(=O)OC(C)(C)C)CCN(C(=O)OC(C)(C)C)CC1. The first-order chi connectivity index (χ1) is 32.4. The van der Waals surface area contributed by atoms with Crippen molar-refractivity contribution in [1.82, 2.24) is 44.4 Å². The van der Waals surface area contributed by atoms with E-state index >= 15 is 0 Å². The third kappa shape index (κ3) is 15.1. The minimum absolute atomic E-state index is 0.0982. The van der Waals surface area contributed by atoms with Crippen LogP contribution in [0.2, 0.25) is 0 Å². The Hall–Kier alpha value is -5.32. The van der Waals surface area contributed by atoms with Crippen molar-refractivity contribution >= 4 is 58.4 Å². The minimum atomic E-state index is -0.978. The molecule has 0 radical (unpaired) electrons. The van der Waals surface area contributed by atoms with Gasteiger partial charge in [-0.3, -0.25) is 14.2 Å². The second-order valence-electron chi connectivity index (χ2n) is 20.9. The molecule has 0 spiro atoms. The fourth-order valence-corrected chi connectivity index (χ4v) is 8.65. The Balaban J connectivity index is 1.05. The molecule has 382 valence electrons. The summed E-state index contributed by atoms with van der Waals surface area (Å²) in [6.45, 7) is 21.4. The van der Waals surface area contributed by atoms with Crippen LogP contribution in [0.4, 0.5) is 20.2 Å². The first-order valence-electron chi connectivity index (χ1n) is 23.8. The lowest BCUT2D eigenvalue weighted by Gasteiger charge is -2.36. The van der Waals surface area contributed by atoms with Crippen molar-refractivity contribution in [2.45, 2.75) is 156 Å². The number of rotatable bonds is 11. The fourth-order valence-electron chi connectivity index (χ4n) is 8.00. The summed E-state index contributed by atoms with van der Waals surface area (Å²) >= 11 is 1.64. The van der Waals surface area contributed by atoms with E-state index < -0.39 is 65.4 Å². The molecule has 6 rings (SSSR count). The van der Waals surface area contributed by atoms with Crippen LogP contribution in [0.1, 0.15) is 113 Å². The number of thiophene rings is 1. The standard InChI is InChI=1S/C47H72N10O11S/c1-44(2,3)66-41(60)54-21-19-53(20-22-55(42(61)67-45(4,5)6)24-26-56(25-23-54)43(62)68-46(7,8)9)32(58)17-13-12-14-18-48-39(59)35-34-36(65-47(10,11)64-34)40(63-35)57-30-52-33-37(50-29-51-38(33)57)49-28-31-16-15-27-69-31/h15-16,27,29-30,34-36,40H,12-14,17-26,28H2,1-11H3,(H,48,59)(H,49,50,51). The molecule has 3 aromatic rings. The summed E-state index contributed by atoms with van der Waals surface area (Å²) < 4.78 is 37.8. The maximum atomic E-state index is 13.9. The summed E-state index contributed by atoms with van der Waals surface area (Å²) in [4.78, 5) is 88.8. The molecule has 3 fully saturated rings. The molecular formula is C47H72N10O11S. The Bertz CT molecular complexity index is 2190. The average molecular weight is 985 g/mol. The molecule has 0 aromatic carbocycles. The van der Waals surface area contributed by atoms with E-state index in [1.165, 1.54) is 21.0 Å². The molecule has 6 heterocycles. The van der Waals surface area contributed by atoms with Crippen molar-refractivity contribution in [2.75, 3.05) is 64.2 Å². The van der Waals surface area contributed by atoms with Gasteiger partial charge < -0.3 is 58.7 Å². The molecule has 0 aliphatic carbocycles. The summed E-state index contributed by atoms with van der Waals surface area (Å²) in [5.74, 6) is -0.889. The van der Waals surface area contributed by atoms with Crippen molar-refractivity contribution in [3.05, 3.63) is 35.0 Å². The van der Waals surface area contributed by atoms with Gasteiger partial charge in [0.25, 0.3) is 5.91 Å². The molecule has 21 nitrogen and oxygen atoms in total. The van der Waals surface area contributed by atoms with Crippen LogP contribution in [-0.2, 0) is 44.6 Å². The van der Waals surface area contributed by atoms with Crippen LogP contribution in [0.15, 0.2) is 30.2 Å². The summed E-state index contributed by atoms with van der Waals surface area (Å²) in [6.07, 6.45) is 0.234. The number of carbonyl (C=O) groups is 5. The topological polar surface area (TPSA) is 221 Å². The largest absolute Gasteiger partial charge is 0.444 e. The Labute approximate surface area is 408 Å². The van der Waals surface area contributed by atoms with Crippen molar-refractivity contribution in [3.63, 3.8) is 0 Å². The number of amides is 5. The number of ether oxygens (including phenoxy) is 6. The number of hydrogen-bond acceptors (Lipinski definition) is 16. The lowest BCUT2D eigenvalue weighted by atomic mass is 10.1. The predicted molar refractivity (Wildman–Crippen MR) is 256 cm³/mol. The number of hydrogen-bond donors (Lipinski definition) is 2. The molecule has 3 aliphatic heterocycles. The van der Waals surface area contributed by atoms with Gasteiger partial charge in [-0.2, -0.15) is 0 Å². The van der Waals surface area contributed by atoms with E-state index in [0.29, 0.717) is 49.3 Å². The van der Waals surface area contributed by atoms with Gasteiger partial charge >= 0.3 is 18.3 Å². The number of unbranched alkanes of at least 4 members (excludes halogenated alkanes) is 2. The normalized spacial score (nSPS) is 21.6. The predicted octanol–water partition coefficient (Wildman–Crippen LogP) is 6.15. The summed E-state index contributed by atoms with van der Waals surface area (Å²) in [5.41, 5.74) is -1.26. The van der Waals surface area contributed by atoms with Crippen LogP contribution in [0.25, 0.3) is 11.2 Å². The van der Waals surface area contributed by atoms with Crippen LogP contribution in [0.3, 0.4) is 0 Å². The molecule has 5 amide bonds. The fraction of sp³-hybridized carbons (Fsp3) is 0.702. The Morgan fingerprint density at radius 1 is 0.725 bits per heavy atom. The van der Waals surface area contributed by atoms with Gasteiger partial charge in [0, 0.05) is 70.2 Å². The summed E-state index contributed by atoms with van der Waals surface area (Å²) in [5, 5.41) is 8.35. The quantitative estimate of drug-likeness (QED) is 0.163. The molecule has 4 unspecified atom stereocenters. The van der Waals surface area contributed by atoms with Crippen LogP contribution < -0.4 is 10.6 Å². The zero-order valence-corrected chi connectivity index (χ0v) is 42.9. The van der Waals surface area contributed by atoms with Crippen molar-refractivity contribution in [3.8, 4) is 0 Å². The number of nitrogens with one attached hydrogen (secondary N) is 2. The molecular weight excluding hydrogens is 913 g/mol. The molecule has 4 atom stereocenters. The molecule has 3 saturated heterocycles. The van der Waals surface area contributed by atoms with E-state index in [-0.39, 0.29) is 70.6 Å². The third-order valence-electron chi connectivity index (χ3n) is 11.2. The van der Waals surface area contributed by atoms with Gasteiger partial charge in [0.1, 0.15) is 35.3 Å². The highest BCUT2D eigenvalue weighted by Gasteiger charge is 2.58. The number of imidazole rings is 1. The molecule has 2 N–H and O–H groups in total. The summed E-state index contributed by atoms with van der Waals surface area (Å²) in [6, 6.07) is 4.03. The monoisotopic (exact) mass is 985 g/mol. The third-order valence-corrected chi connectivity index (χ3v) is 12.0. The highest BCUT2D eigenvalue weighted by Crippen LogP contribution is 2.44. The lowest BCUT2D eigenvalue weighted by Crippen LogP contribution is -2.52. The highest BCUT2D eigenvalue weighted by molar-refractivity contribution is 7.09. The second-order valence-corrected chi connectivity index (χ2v) is 21.9. The molecule has 0 bridgehead atoms. The Morgan fingerprint density at radius 2 is 1.26 bits per heavy atom. The van der Waals surface area contributed by atoms with Gasteiger partial charge in [-0.05, 0) is 100 Å². The highest BCUT2D eigenvalue weighted by atomic mass is 32.1. The van der Waals surface area contributed by atoms with E-state index in [2.05, 4.69) is 25.6 Å². The van der Waals surface area contributed by atoms with Crippen LogP contribution in [-0.4, -0.2) is 169 Å². The molecule has 0 saturated carbocycles. The number of anilines is 1. The molecule has 69 heavy (non-hydrogen) atoms. The van der Waals surface area contributed by atoms with E-state index in [4.69, 9.17) is 28.4 Å². The lowest BCUT2D eigenvalue weighted by molar-refractivity contribution is -0.197. The van der Waals surface area contributed by atoms with Crippen molar-refractivity contribution < 1.29 is 52.4 Å². The van der Waals surface area contributed by atoms with Gasteiger partial charge in [-0.1, -0.05) is 12.5 Å². The van der Waals surface area contributed by atoms with E-state index in [1.54, 1.807) is 103 Å². The first-order valence-corrected chi connectivity index (χ1v) is 24.7. The molecule has 22 heteroatoms. The van der Waals surface area contributed by atoms with Gasteiger partial charge in [-0.25, -0.2) is 29.3 Å². The van der Waals surface area contributed by atoms with E-state index in [9.17, 15) is 24.0 Å². The second kappa shape index (κ2) is 22.2. The molecule has 3 aliphatic rings. The zero-order chi connectivity index (χ0) is 50.3. The smallest absolute Gasteiger partial charge is 0.410 e. The zero-order valence-electron chi connectivity index (χ0n) is 42.1. The Kier molecular flexibility index (Phi) is 17.1. The van der Waals surface area contributed by atoms with Gasteiger partial charge in [0.05, 0.1) is 12.9 Å².